The van der Waals surface area contributed by atoms with Crippen LogP contribution < -0.4 is 0 Å². The Kier molecular flexibility index (Phi) is 7.54. The van der Waals surface area contributed by atoms with Gasteiger partial charge in [0, 0.05) is 6.42 Å². The van der Waals surface area contributed by atoms with Crippen LogP contribution in [0.25, 0.3) is 0 Å². The summed E-state index contributed by atoms with van der Waals surface area (Å²) in [6.45, 7) is 4.51. The summed E-state index contributed by atoms with van der Waals surface area (Å²) in [6.07, 6.45) is 8.63. The number of unbranched alkanes of at least 4 members (excludes halogenated alkanes) is 3. The van der Waals surface area contributed by atoms with Crippen molar-refractivity contribution >= 4 is 6.29 Å². The van der Waals surface area contributed by atoms with Gasteiger partial charge in [-0.3, -0.25) is 4.79 Å². The third-order valence-corrected chi connectivity index (χ3v) is 2.17. The zero-order chi connectivity index (χ0) is 8.53. The van der Waals surface area contributed by atoms with E-state index >= 15 is 0 Å². The minimum atomic E-state index is 0.626. The minimum absolute atomic E-state index is 0.626. The summed E-state index contributed by atoms with van der Waals surface area (Å²) in [5.41, 5.74) is 0. The maximum atomic E-state index is 9.83. The van der Waals surface area contributed by atoms with Crippen LogP contribution >= 0.6 is 0 Å². The number of hydrogen-bond acceptors (Lipinski definition) is 1. The van der Waals surface area contributed by atoms with Crippen LogP contribution in [0.2, 0.25) is 0 Å². The van der Waals surface area contributed by atoms with Gasteiger partial charge in [-0.05, 0) is 12.3 Å². The molecule has 0 bridgehead atoms. The quantitative estimate of drug-likeness (QED) is 0.516. The summed E-state index contributed by atoms with van der Waals surface area (Å²) in [5.74, 6) is 0.857. The van der Waals surface area contributed by atoms with Crippen LogP contribution in [0.15, 0.2) is 0 Å². The fourth-order valence-electron chi connectivity index (χ4n) is 1.07. The molecule has 11 heavy (non-hydrogen) atoms. The summed E-state index contributed by atoms with van der Waals surface area (Å²) in [6, 6.07) is 0. The lowest BCUT2D eigenvalue weighted by Crippen LogP contribution is -1.91. The summed E-state index contributed by atoms with van der Waals surface area (Å²) < 4.78 is 0. The molecule has 1 radical (unpaired) electrons. The zero-order valence-corrected chi connectivity index (χ0v) is 7.73. The first-order valence-electron chi connectivity index (χ1n) is 4.66. The Morgan fingerprint density at radius 1 is 1.27 bits per heavy atom. The smallest absolute Gasteiger partial charge is 0.198 e. The highest BCUT2D eigenvalue weighted by Gasteiger charge is 1.97. The van der Waals surface area contributed by atoms with Crippen LogP contribution in [0.4, 0.5) is 0 Å². The standard InChI is InChI=1S/C10H19O/c1-3-10(2)8-6-4-5-7-9-11/h10H,3-8H2,1-2H3. The van der Waals surface area contributed by atoms with E-state index in [0.29, 0.717) is 6.42 Å². The van der Waals surface area contributed by atoms with Crippen LogP contribution in [0.5, 0.6) is 0 Å². The highest BCUT2D eigenvalue weighted by molar-refractivity contribution is 5.50. The van der Waals surface area contributed by atoms with E-state index in [1.54, 1.807) is 0 Å². The third kappa shape index (κ3) is 7.57. The third-order valence-electron chi connectivity index (χ3n) is 2.17. The lowest BCUT2D eigenvalue weighted by Gasteiger charge is -2.06. The molecule has 0 aliphatic rings. The van der Waals surface area contributed by atoms with Crippen LogP contribution in [-0.2, 0) is 4.79 Å². The molecule has 0 aliphatic carbocycles. The Hall–Kier alpha value is -0.330. The van der Waals surface area contributed by atoms with Gasteiger partial charge in [-0.1, -0.05) is 39.5 Å². The molecule has 0 fully saturated rings. The molecule has 0 aromatic rings. The van der Waals surface area contributed by atoms with Crippen LogP contribution in [-0.4, -0.2) is 6.29 Å². The number of rotatable bonds is 7. The molecule has 0 rings (SSSR count). The number of hydrogen-bond donors (Lipinski definition) is 0. The molecular formula is C10H19O. The van der Waals surface area contributed by atoms with Gasteiger partial charge in [0.1, 0.15) is 0 Å². The molecular weight excluding hydrogens is 136 g/mol. The van der Waals surface area contributed by atoms with Crippen molar-refractivity contribution in [2.45, 2.75) is 52.4 Å². The molecule has 0 saturated heterocycles. The van der Waals surface area contributed by atoms with Crippen molar-refractivity contribution in [2.24, 2.45) is 5.92 Å². The van der Waals surface area contributed by atoms with Gasteiger partial charge in [0.2, 0.25) is 0 Å². The SMILES string of the molecule is CCC(C)CCCCC[C]=O. The van der Waals surface area contributed by atoms with Crippen molar-refractivity contribution in [2.75, 3.05) is 0 Å². The Morgan fingerprint density at radius 2 is 2.00 bits per heavy atom. The molecule has 1 unspecified atom stereocenters. The van der Waals surface area contributed by atoms with Gasteiger partial charge in [0.05, 0.1) is 0 Å². The molecule has 0 spiro atoms. The Morgan fingerprint density at radius 3 is 2.55 bits per heavy atom. The summed E-state index contributed by atoms with van der Waals surface area (Å²) in [7, 11) is 0. The molecule has 65 valence electrons. The van der Waals surface area contributed by atoms with Gasteiger partial charge in [0.25, 0.3) is 0 Å². The molecule has 0 aromatic carbocycles. The lowest BCUT2D eigenvalue weighted by molar-refractivity contribution is 0.477. The molecule has 0 aliphatic heterocycles. The van der Waals surface area contributed by atoms with Crippen LogP contribution in [0, 0.1) is 5.92 Å². The maximum absolute atomic E-state index is 9.83. The van der Waals surface area contributed by atoms with E-state index in [-0.39, 0.29) is 0 Å². The maximum Gasteiger partial charge on any atom is 0.198 e. The van der Waals surface area contributed by atoms with Crippen molar-refractivity contribution < 1.29 is 4.79 Å². The minimum Gasteiger partial charge on any atom is -0.291 e. The topological polar surface area (TPSA) is 17.1 Å². The largest absolute Gasteiger partial charge is 0.291 e. The fraction of sp³-hybridized carbons (Fsp3) is 0.900. The van der Waals surface area contributed by atoms with Gasteiger partial charge in [-0.2, -0.15) is 0 Å². The van der Waals surface area contributed by atoms with Crippen LogP contribution in [0.3, 0.4) is 0 Å². The lowest BCUT2D eigenvalue weighted by atomic mass is 10.0. The van der Waals surface area contributed by atoms with E-state index in [0.717, 1.165) is 12.3 Å². The monoisotopic (exact) mass is 155 g/mol. The van der Waals surface area contributed by atoms with Crippen molar-refractivity contribution in [3.05, 3.63) is 0 Å². The van der Waals surface area contributed by atoms with Crippen molar-refractivity contribution in [3.63, 3.8) is 0 Å². The second kappa shape index (κ2) is 7.77. The first-order chi connectivity index (χ1) is 5.31. The number of carbonyl (C=O) groups excluding carboxylic acids is 1. The van der Waals surface area contributed by atoms with Gasteiger partial charge >= 0.3 is 0 Å². The Labute approximate surface area is 70.2 Å². The molecule has 0 amide bonds. The van der Waals surface area contributed by atoms with Gasteiger partial charge in [-0.15, -0.1) is 0 Å². The van der Waals surface area contributed by atoms with Crippen molar-refractivity contribution in [3.8, 4) is 0 Å². The molecule has 0 heterocycles. The average molecular weight is 155 g/mol. The normalized spacial score (nSPS) is 12.9. The highest BCUT2D eigenvalue weighted by atomic mass is 16.1. The first kappa shape index (κ1) is 10.7. The van der Waals surface area contributed by atoms with E-state index in [4.69, 9.17) is 0 Å². The fourth-order valence-corrected chi connectivity index (χ4v) is 1.07. The second-order valence-electron chi connectivity index (χ2n) is 3.26. The Balaban J connectivity index is 2.95. The van der Waals surface area contributed by atoms with Crippen LogP contribution in [0.1, 0.15) is 52.4 Å². The molecule has 1 atom stereocenters. The summed E-state index contributed by atoms with van der Waals surface area (Å²) >= 11 is 0. The zero-order valence-electron chi connectivity index (χ0n) is 7.73. The molecule has 1 heteroatoms. The van der Waals surface area contributed by atoms with Crippen molar-refractivity contribution in [1.82, 2.24) is 0 Å². The van der Waals surface area contributed by atoms with Gasteiger partial charge < -0.3 is 0 Å². The van der Waals surface area contributed by atoms with Gasteiger partial charge in [-0.25, -0.2) is 0 Å². The Bertz CT molecular complexity index is 88.9. The summed E-state index contributed by atoms with van der Waals surface area (Å²) in [4.78, 5) is 9.83. The molecule has 0 saturated carbocycles. The van der Waals surface area contributed by atoms with E-state index in [1.165, 1.54) is 25.7 Å². The van der Waals surface area contributed by atoms with E-state index in [1.807, 2.05) is 6.29 Å². The average Bonchev–Trinajstić information content (AvgIpc) is 2.04. The first-order valence-corrected chi connectivity index (χ1v) is 4.66. The van der Waals surface area contributed by atoms with Gasteiger partial charge in [0.15, 0.2) is 6.29 Å². The molecule has 1 nitrogen and oxygen atoms in total. The van der Waals surface area contributed by atoms with E-state index in [9.17, 15) is 4.79 Å². The highest BCUT2D eigenvalue weighted by Crippen LogP contribution is 2.12. The van der Waals surface area contributed by atoms with E-state index in [2.05, 4.69) is 13.8 Å². The second-order valence-corrected chi connectivity index (χ2v) is 3.26. The molecule has 0 N–H and O–H groups in total. The summed E-state index contributed by atoms with van der Waals surface area (Å²) in [5, 5.41) is 0. The predicted octanol–water partition coefficient (Wildman–Crippen LogP) is 3.09. The molecule has 0 aromatic heterocycles. The van der Waals surface area contributed by atoms with Crippen molar-refractivity contribution in [1.29, 1.82) is 0 Å². The van der Waals surface area contributed by atoms with E-state index < -0.39 is 0 Å². The predicted molar refractivity (Wildman–Crippen MR) is 48.2 cm³/mol.